The lowest BCUT2D eigenvalue weighted by atomic mass is 9.90. The number of nitrogens with one attached hydrogen (secondary N) is 1. The number of rotatable bonds is 9. The molecule has 1 amide bonds. The summed E-state index contributed by atoms with van der Waals surface area (Å²) in [5.41, 5.74) is 3.42. The van der Waals surface area contributed by atoms with Gasteiger partial charge in [-0.2, -0.15) is 13.2 Å². The second-order valence-corrected chi connectivity index (χ2v) is 7.80. The van der Waals surface area contributed by atoms with Crippen molar-refractivity contribution >= 4 is 16.7 Å². The normalized spacial score (nSPS) is 16.3. The minimum absolute atomic E-state index is 0.0582. The van der Waals surface area contributed by atoms with Crippen LogP contribution in [0.5, 0.6) is 0 Å². The van der Waals surface area contributed by atoms with Crippen LogP contribution in [-0.2, 0) is 11.2 Å². The molecule has 1 saturated heterocycles. The third-order valence-corrected chi connectivity index (χ3v) is 5.60. The Morgan fingerprint density at radius 1 is 1.03 bits per heavy atom. The zero-order chi connectivity index (χ0) is 20.9. The summed E-state index contributed by atoms with van der Waals surface area (Å²) in [6.07, 6.45) is 2.75. The topological polar surface area (TPSA) is 32.3 Å². The lowest BCUT2D eigenvalue weighted by Gasteiger charge is -2.32. The predicted molar refractivity (Wildman–Crippen MR) is 109 cm³/mol. The lowest BCUT2D eigenvalue weighted by molar-refractivity contribution is -0.190. The molecular weight excluding hydrogens is 377 g/mol. The number of hydrazine groups is 1. The third kappa shape index (κ3) is 5.30. The highest BCUT2D eigenvalue weighted by Crippen LogP contribution is 2.42. The van der Waals surface area contributed by atoms with Gasteiger partial charge in [0, 0.05) is 13.0 Å². The van der Waals surface area contributed by atoms with Crippen molar-refractivity contribution in [3.05, 3.63) is 47.5 Å². The molecule has 3 rings (SSSR count). The van der Waals surface area contributed by atoms with Gasteiger partial charge in [0.05, 0.1) is 0 Å². The maximum Gasteiger partial charge on any atom is 0.409 e. The van der Waals surface area contributed by atoms with E-state index in [9.17, 15) is 18.0 Å². The summed E-state index contributed by atoms with van der Waals surface area (Å²) in [5.74, 6) is -0.364. The molecule has 0 aliphatic carbocycles. The second-order valence-electron chi connectivity index (χ2n) is 7.80. The SMILES string of the molecule is CCCCCCCCc1ccc2ccccc2c1[C@H](N1CCC(=O)N1)C(F)(F)F. The van der Waals surface area contributed by atoms with Crippen molar-refractivity contribution < 1.29 is 18.0 Å². The Bertz CT molecular complexity index is 834. The van der Waals surface area contributed by atoms with Crippen molar-refractivity contribution in [1.82, 2.24) is 10.4 Å². The van der Waals surface area contributed by atoms with Gasteiger partial charge in [-0.05, 0) is 34.7 Å². The average Bonchev–Trinajstić information content (AvgIpc) is 3.10. The van der Waals surface area contributed by atoms with Crippen LogP contribution in [0.1, 0.15) is 69.0 Å². The minimum atomic E-state index is -4.49. The van der Waals surface area contributed by atoms with Gasteiger partial charge in [-0.1, -0.05) is 75.4 Å². The van der Waals surface area contributed by atoms with Crippen molar-refractivity contribution in [3.63, 3.8) is 0 Å². The largest absolute Gasteiger partial charge is 0.409 e. The van der Waals surface area contributed by atoms with Crippen LogP contribution in [-0.4, -0.2) is 23.6 Å². The first-order valence-corrected chi connectivity index (χ1v) is 10.5. The zero-order valence-corrected chi connectivity index (χ0v) is 16.9. The molecule has 1 N–H and O–H groups in total. The Balaban J connectivity index is 1.94. The van der Waals surface area contributed by atoms with Gasteiger partial charge < -0.3 is 0 Å². The molecule has 2 aromatic rings. The Hall–Kier alpha value is -2.08. The molecule has 1 aliphatic rings. The van der Waals surface area contributed by atoms with E-state index in [0.717, 1.165) is 35.2 Å². The second kappa shape index (κ2) is 9.61. The van der Waals surface area contributed by atoms with Crippen LogP contribution in [0, 0.1) is 0 Å². The van der Waals surface area contributed by atoms with Gasteiger partial charge in [0.25, 0.3) is 0 Å². The number of aryl methyl sites for hydroxylation is 1. The number of nitrogens with zero attached hydrogens (tertiary/aromatic N) is 1. The summed E-state index contributed by atoms with van der Waals surface area (Å²) in [6, 6.07) is 9.10. The van der Waals surface area contributed by atoms with E-state index in [4.69, 9.17) is 0 Å². The fraction of sp³-hybridized carbons (Fsp3) is 0.522. The number of carbonyl (C=O) groups excluding carboxylic acids is 1. The van der Waals surface area contributed by atoms with E-state index in [2.05, 4.69) is 12.3 Å². The molecule has 2 aromatic carbocycles. The van der Waals surface area contributed by atoms with Crippen LogP contribution >= 0.6 is 0 Å². The van der Waals surface area contributed by atoms with Crippen molar-refractivity contribution in [2.75, 3.05) is 6.54 Å². The van der Waals surface area contributed by atoms with Crippen LogP contribution < -0.4 is 5.43 Å². The molecule has 0 saturated carbocycles. The fourth-order valence-electron chi connectivity index (χ4n) is 4.16. The van der Waals surface area contributed by atoms with E-state index in [1.807, 2.05) is 24.3 Å². The van der Waals surface area contributed by atoms with E-state index < -0.39 is 12.2 Å². The number of carbonyl (C=O) groups is 1. The maximum atomic E-state index is 14.2. The molecule has 1 aliphatic heterocycles. The highest BCUT2D eigenvalue weighted by atomic mass is 19.4. The van der Waals surface area contributed by atoms with Crippen LogP contribution in [0.3, 0.4) is 0 Å². The quantitative estimate of drug-likeness (QED) is 0.512. The van der Waals surface area contributed by atoms with Crippen LogP contribution in [0.2, 0.25) is 0 Å². The van der Waals surface area contributed by atoms with E-state index in [0.29, 0.717) is 11.8 Å². The van der Waals surface area contributed by atoms with E-state index >= 15 is 0 Å². The van der Waals surface area contributed by atoms with E-state index in [1.165, 1.54) is 19.3 Å². The van der Waals surface area contributed by atoms with Crippen molar-refractivity contribution in [2.45, 2.75) is 70.5 Å². The number of benzene rings is 2. The van der Waals surface area contributed by atoms with E-state index in [1.54, 1.807) is 12.1 Å². The predicted octanol–water partition coefficient (Wildman–Crippen LogP) is 6.08. The average molecular weight is 406 g/mol. The van der Waals surface area contributed by atoms with Gasteiger partial charge in [0.15, 0.2) is 6.04 Å². The van der Waals surface area contributed by atoms with Crippen LogP contribution in [0.15, 0.2) is 36.4 Å². The summed E-state index contributed by atoms with van der Waals surface area (Å²) in [6.45, 7) is 2.22. The number of alkyl halides is 3. The summed E-state index contributed by atoms with van der Waals surface area (Å²) < 4.78 is 42.7. The molecule has 29 heavy (non-hydrogen) atoms. The van der Waals surface area contributed by atoms with E-state index in [-0.39, 0.29) is 24.4 Å². The van der Waals surface area contributed by atoms with Crippen molar-refractivity contribution in [1.29, 1.82) is 0 Å². The number of amides is 1. The zero-order valence-electron chi connectivity index (χ0n) is 16.9. The molecule has 158 valence electrons. The Morgan fingerprint density at radius 3 is 2.45 bits per heavy atom. The molecule has 0 spiro atoms. The highest BCUT2D eigenvalue weighted by Gasteiger charge is 2.48. The number of hydrogen-bond donors (Lipinski definition) is 1. The summed E-state index contributed by atoms with van der Waals surface area (Å²) >= 11 is 0. The molecular formula is C23H29F3N2O. The van der Waals surface area contributed by atoms with Gasteiger partial charge in [-0.15, -0.1) is 0 Å². The summed E-state index contributed by atoms with van der Waals surface area (Å²) in [7, 11) is 0. The van der Waals surface area contributed by atoms with Gasteiger partial charge in [-0.25, -0.2) is 5.01 Å². The molecule has 0 radical (unpaired) electrons. The van der Waals surface area contributed by atoms with Gasteiger partial charge in [0.2, 0.25) is 5.91 Å². The molecule has 1 fully saturated rings. The lowest BCUT2D eigenvalue weighted by Crippen LogP contribution is -2.44. The number of fused-ring (bicyclic) bond motifs is 1. The standard InChI is InChI=1S/C23H29F3N2O/c1-2-3-4-5-6-7-11-18-14-13-17-10-8-9-12-19(17)21(18)22(23(24,25)26)28-16-15-20(29)27-28/h8-10,12-14,22H,2-7,11,15-16H2,1H3,(H,27,29)/t22-/m0/s1. The molecule has 3 nitrogen and oxygen atoms in total. The summed E-state index contributed by atoms with van der Waals surface area (Å²) in [5, 5.41) is 2.46. The number of halogens is 3. The Morgan fingerprint density at radius 2 is 1.76 bits per heavy atom. The first-order valence-electron chi connectivity index (χ1n) is 10.5. The molecule has 0 aromatic heterocycles. The monoisotopic (exact) mass is 406 g/mol. The van der Waals surface area contributed by atoms with Crippen LogP contribution in [0.25, 0.3) is 10.8 Å². The fourth-order valence-corrected chi connectivity index (χ4v) is 4.16. The molecule has 1 atom stereocenters. The number of unbranched alkanes of at least 4 members (excludes halogenated alkanes) is 5. The smallest absolute Gasteiger partial charge is 0.288 e. The third-order valence-electron chi connectivity index (χ3n) is 5.60. The highest BCUT2D eigenvalue weighted by molar-refractivity contribution is 5.87. The van der Waals surface area contributed by atoms with Crippen molar-refractivity contribution in [3.8, 4) is 0 Å². The Kier molecular flexibility index (Phi) is 7.17. The first-order chi connectivity index (χ1) is 13.9. The molecule has 1 heterocycles. The Labute approximate surface area is 170 Å². The molecule has 0 unspecified atom stereocenters. The first kappa shape index (κ1) is 21.6. The van der Waals surface area contributed by atoms with Gasteiger partial charge in [-0.3, -0.25) is 10.2 Å². The number of hydrogen-bond acceptors (Lipinski definition) is 2. The minimum Gasteiger partial charge on any atom is -0.288 e. The maximum absolute atomic E-state index is 14.2. The van der Waals surface area contributed by atoms with Gasteiger partial charge >= 0.3 is 6.18 Å². The molecule has 6 heteroatoms. The van der Waals surface area contributed by atoms with Crippen molar-refractivity contribution in [2.24, 2.45) is 0 Å². The summed E-state index contributed by atoms with van der Waals surface area (Å²) in [4.78, 5) is 11.6. The van der Waals surface area contributed by atoms with Crippen LogP contribution in [0.4, 0.5) is 13.2 Å². The van der Waals surface area contributed by atoms with Gasteiger partial charge in [0.1, 0.15) is 0 Å². The molecule has 0 bridgehead atoms.